The van der Waals surface area contributed by atoms with Gasteiger partial charge in [0.15, 0.2) is 0 Å². The molecule has 1 aliphatic rings. The average Bonchev–Trinajstić information content (AvgIpc) is 2.08. The highest BCUT2D eigenvalue weighted by Crippen LogP contribution is 2.43. The van der Waals surface area contributed by atoms with E-state index in [1.54, 1.807) is 0 Å². The van der Waals surface area contributed by atoms with Crippen LogP contribution in [0.1, 0.15) is 0 Å². The van der Waals surface area contributed by atoms with Crippen LogP contribution in [0.4, 0.5) is 13.2 Å². The van der Waals surface area contributed by atoms with Crippen LogP contribution in [-0.2, 0) is 0 Å². The van der Waals surface area contributed by atoms with Crippen molar-refractivity contribution in [3.05, 3.63) is 11.5 Å². The molecule has 1 unspecified atom stereocenters. The first kappa shape index (κ1) is 7.34. The third-order valence-electron chi connectivity index (χ3n) is 0.791. The highest BCUT2D eigenvalue weighted by atomic mass is 33.1. The Morgan fingerprint density at radius 1 is 1.33 bits per heavy atom. The predicted octanol–water partition coefficient (Wildman–Crippen LogP) is 2.83. The second-order valence-corrected chi connectivity index (χ2v) is 3.80. The Kier molecular flexibility index (Phi) is 2.00. The molecule has 0 saturated heterocycles. The Morgan fingerprint density at radius 2 is 2.00 bits per heavy atom. The Hall–Kier alpha value is 0.230. The second-order valence-electron chi connectivity index (χ2n) is 1.48. The molecule has 52 valence electrons. The van der Waals surface area contributed by atoms with Gasteiger partial charge in [-0.2, -0.15) is 13.2 Å². The molecule has 5 heteroatoms. The molecule has 0 N–H and O–H groups in total. The summed E-state index contributed by atoms with van der Waals surface area (Å²) < 4.78 is 35.0. The summed E-state index contributed by atoms with van der Waals surface area (Å²) in [6.45, 7) is 0. The maximum Gasteiger partial charge on any atom is 0.404 e. The van der Waals surface area contributed by atoms with E-state index in [0.717, 1.165) is 27.7 Å². The van der Waals surface area contributed by atoms with Crippen LogP contribution in [-0.4, -0.2) is 11.4 Å². The van der Waals surface area contributed by atoms with E-state index in [0.29, 0.717) is 0 Å². The van der Waals surface area contributed by atoms with Gasteiger partial charge >= 0.3 is 6.18 Å². The molecule has 0 radical (unpaired) electrons. The summed E-state index contributed by atoms with van der Waals surface area (Å²) in [4.78, 5) is 0. The van der Waals surface area contributed by atoms with Crippen molar-refractivity contribution in [3.8, 4) is 0 Å². The van der Waals surface area contributed by atoms with Crippen molar-refractivity contribution in [1.82, 2.24) is 0 Å². The Balaban J connectivity index is 2.53. The summed E-state index contributed by atoms with van der Waals surface area (Å²) in [6.07, 6.45) is -2.90. The summed E-state index contributed by atoms with van der Waals surface area (Å²) in [5, 5.41) is 0.172. The number of rotatable bonds is 0. The summed E-state index contributed by atoms with van der Waals surface area (Å²) in [6, 6.07) is 0. The molecule has 0 amide bonds. The van der Waals surface area contributed by atoms with Gasteiger partial charge in [0.1, 0.15) is 5.25 Å². The molecule has 0 aliphatic carbocycles. The smallest absolute Gasteiger partial charge is 0.169 e. The van der Waals surface area contributed by atoms with Gasteiger partial charge in [-0.25, -0.2) is 0 Å². The van der Waals surface area contributed by atoms with Crippen molar-refractivity contribution in [2.45, 2.75) is 11.4 Å². The van der Waals surface area contributed by atoms with Crippen LogP contribution in [0, 0.1) is 0 Å². The van der Waals surface area contributed by atoms with E-state index in [9.17, 15) is 13.2 Å². The molecule has 0 aromatic carbocycles. The van der Waals surface area contributed by atoms with Gasteiger partial charge in [-0.15, -0.1) is 0 Å². The summed E-state index contributed by atoms with van der Waals surface area (Å²) in [5.41, 5.74) is 0. The monoisotopic (exact) mass is 172 g/mol. The zero-order valence-corrected chi connectivity index (χ0v) is 5.82. The first-order valence-electron chi connectivity index (χ1n) is 2.16. The van der Waals surface area contributed by atoms with Crippen molar-refractivity contribution in [2.75, 3.05) is 0 Å². The Labute approximate surface area is 58.3 Å². The van der Waals surface area contributed by atoms with E-state index >= 15 is 0 Å². The number of hydrogen-bond acceptors (Lipinski definition) is 2. The van der Waals surface area contributed by atoms with Gasteiger partial charge in [0.05, 0.1) is 0 Å². The van der Waals surface area contributed by atoms with Crippen LogP contribution in [0.5, 0.6) is 0 Å². The van der Waals surface area contributed by atoms with E-state index in [-0.39, 0.29) is 0 Å². The van der Waals surface area contributed by atoms with Gasteiger partial charge in [-0.1, -0.05) is 27.7 Å². The normalized spacial score (nSPS) is 27.2. The molecular formula is C4H3F3S2. The predicted molar refractivity (Wildman–Crippen MR) is 34.2 cm³/mol. The number of halogens is 3. The van der Waals surface area contributed by atoms with Crippen LogP contribution in [0.2, 0.25) is 0 Å². The third-order valence-corrected chi connectivity index (χ3v) is 3.09. The molecule has 1 aliphatic heterocycles. The van der Waals surface area contributed by atoms with Gasteiger partial charge in [-0.05, 0) is 5.41 Å². The quantitative estimate of drug-likeness (QED) is 0.515. The van der Waals surface area contributed by atoms with Crippen LogP contribution in [0.3, 0.4) is 0 Å². The van der Waals surface area contributed by atoms with E-state index < -0.39 is 11.4 Å². The lowest BCUT2D eigenvalue weighted by Gasteiger charge is -2.09. The zero-order valence-electron chi connectivity index (χ0n) is 4.18. The minimum absolute atomic E-state index is 0.830. The lowest BCUT2D eigenvalue weighted by molar-refractivity contribution is -0.119. The fourth-order valence-electron chi connectivity index (χ4n) is 0.391. The number of hydrogen-bond donors (Lipinski definition) is 0. The summed E-state index contributed by atoms with van der Waals surface area (Å²) in [5.74, 6) is 0. The topological polar surface area (TPSA) is 0 Å². The molecule has 0 aromatic rings. The van der Waals surface area contributed by atoms with E-state index in [1.807, 2.05) is 0 Å². The second kappa shape index (κ2) is 2.46. The maximum absolute atomic E-state index is 11.7. The lowest BCUT2D eigenvalue weighted by Crippen LogP contribution is -2.21. The van der Waals surface area contributed by atoms with Gasteiger partial charge < -0.3 is 0 Å². The average molecular weight is 172 g/mol. The van der Waals surface area contributed by atoms with Gasteiger partial charge in [0, 0.05) is 0 Å². The minimum Gasteiger partial charge on any atom is -0.169 e. The minimum atomic E-state index is -4.06. The van der Waals surface area contributed by atoms with E-state index in [2.05, 4.69) is 0 Å². The highest BCUT2D eigenvalue weighted by molar-refractivity contribution is 8.78. The van der Waals surface area contributed by atoms with E-state index in [1.165, 1.54) is 5.41 Å². The molecule has 0 fully saturated rings. The fraction of sp³-hybridized carbons (Fsp3) is 0.500. The summed E-state index contributed by atoms with van der Waals surface area (Å²) in [7, 11) is 1.96. The van der Waals surface area contributed by atoms with Crippen molar-refractivity contribution in [1.29, 1.82) is 0 Å². The first-order valence-corrected chi connectivity index (χ1v) is 4.44. The first-order chi connectivity index (χ1) is 4.11. The molecule has 1 rings (SSSR count). The van der Waals surface area contributed by atoms with Crippen LogP contribution < -0.4 is 0 Å². The SMILES string of the molecule is FC(F)(F)C1C=CSS1. The van der Waals surface area contributed by atoms with Gasteiger partial charge in [0.2, 0.25) is 0 Å². The maximum atomic E-state index is 11.7. The lowest BCUT2D eigenvalue weighted by atomic mass is 10.4. The van der Waals surface area contributed by atoms with Crippen molar-refractivity contribution >= 4 is 21.6 Å². The molecule has 9 heavy (non-hydrogen) atoms. The molecule has 0 nitrogen and oxygen atoms in total. The Morgan fingerprint density at radius 3 is 2.22 bits per heavy atom. The largest absolute Gasteiger partial charge is 0.404 e. The van der Waals surface area contributed by atoms with Gasteiger partial charge in [-0.3, -0.25) is 0 Å². The highest BCUT2D eigenvalue weighted by Gasteiger charge is 2.39. The zero-order chi connectivity index (χ0) is 6.91. The van der Waals surface area contributed by atoms with Crippen LogP contribution >= 0.6 is 21.6 Å². The molecule has 0 bridgehead atoms. The van der Waals surface area contributed by atoms with Crippen molar-refractivity contribution < 1.29 is 13.2 Å². The molecule has 1 atom stereocenters. The van der Waals surface area contributed by atoms with Gasteiger partial charge in [0.25, 0.3) is 0 Å². The van der Waals surface area contributed by atoms with Crippen molar-refractivity contribution in [2.24, 2.45) is 0 Å². The standard InChI is InChI=1S/C4H3F3S2/c5-4(6,7)3-1-2-8-9-3/h1-3H. The third kappa shape index (κ3) is 1.82. The van der Waals surface area contributed by atoms with Crippen LogP contribution in [0.15, 0.2) is 11.5 Å². The van der Waals surface area contributed by atoms with E-state index in [4.69, 9.17) is 0 Å². The summed E-state index contributed by atoms with van der Waals surface area (Å²) >= 11 is 0. The molecule has 0 saturated carbocycles. The molecule has 0 aromatic heterocycles. The van der Waals surface area contributed by atoms with Crippen molar-refractivity contribution in [3.63, 3.8) is 0 Å². The molecule has 1 heterocycles. The molecular weight excluding hydrogens is 169 g/mol. The molecule has 0 spiro atoms. The number of alkyl halides is 3. The Bertz CT molecular complexity index is 128. The van der Waals surface area contributed by atoms with Crippen LogP contribution in [0.25, 0.3) is 0 Å². The fourth-order valence-corrected chi connectivity index (χ4v) is 2.41.